The maximum atomic E-state index is 13.0. The molecule has 1 fully saturated rings. The largest absolute Gasteiger partial charge is 0.415 e. The first-order valence-electron chi connectivity index (χ1n) is 9.16. The first-order valence-corrected chi connectivity index (χ1v) is 9.16. The molecule has 2 atom stereocenters. The van der Waals surface area contributed by atoms with Gasteiger partial charge in [0.1, 0.15) is 0 Å². The monoisotopic (exact) mass is 432 g/mol. The number of hydrogen-bond donors (Lipinski definition) is 1. The second-order valence-corrected chi connectivity index (χ2v) is 7.08. The number of aromatic nitrogens is 2. The molecular formula is C18H17F5N4O3. The highest BCUT2D eigenvalue weighted by Gasteiger charge is 2.40. The van der Waals surface area contributed by atoms with Gasteiger partial charge in [0.2, 0.25) is 5.89 Å². The van der Waals surface area contributed by atoms with Crippen molar-refractivity contribution in [3.63, 3.8) is 0 Å². The molecule has 2 aromatic rings. The molecule has 0 unspecified atom stereocenters. The number of nitrogens with zero attached hydrogens (tertiary/aromatic N) is 3. The van der Waals surface area contributed by atoms with Gasteiger partial charge in [-0.15, -0.1) is 10.2 Å². The van der Waals surface area contributed by atoms with Gasteiger partial charge >= 0.3 is 12.6 Å². The number of nitrogens with one attached hydrogen (secondary N) is 1. The van der Waals surface area contributed by atoms with Gasteiger partial charge in [-0.25, -0.2) is 0 Å². The first kappa shape index (κ1) is 20.7. The average molecular weight is 432 g/mol. The lowest BCUT2D eigenvalue weighted by molar-refractivity contribution is -0.129. The van der Waals surface area contributed by atoms with Crippen molar-refractivity contribution < 1.29 is 35.9 Å². The minimum Gasteiger partial charge on any atom is -0.415 e. The predicted octanol–water partition coefficient (Wildman–Crippen LogP) is 2.94. The van der Waals surface area contributed by atoms with E-state index in [1.807, 2.05) is 0 Å². The normalized spacial score (nSPS) is 22.1. The van der Waals surface area contributed by atoms with Crippen LogP contribution in [-0.2, 0) is 11.3 Å². The van der Waals surface area contributed by atoms with E-state index in [0.29, 0.717) is 29.7 Å². The summed E-state index contributed by atoms with van der Waals surface area (Å²) < 4.78 is 73.4. The molecule has 1 aromatic carbocycles. The van der Waals surface area contributed by atoms with E-state index in [0.717, 1.165) is 0 Å². The van der Waals surface area contributed by atoms with Gasteiger partial charge in [0.15, 0.2) is 0 Å². The van der Waals surface area contributed by atoms with Crippen molar-refractivity contribution >= 4 is 5.91 Å². The average Bonchev–Trinajstić information content (AvgIpc) is 3.31. The molecule has 4 rings (SSSR count). The van der Waals surface area contributed by atoms with Crippen LogP contribution < -0.4 is 5.32 Å². The molecule has 2 aliphatic rings. The van der Waals surface area contributed by atoms with Crippen LogP contribution in [-0.4, -0.2) is 59.0 Å². The van der Waals surface area contributed by atoms with E-state index in [-0.39, 0.29) is 24.9 Å². The van der Waals surface area contributed by atoms with E-state index in [4.69, 9.17) is 9.15 Å². The third-order valence-corrected chi connectivity index (χ3v) is 5.10. The topological polar surface area (TPSA) is 80.5 Å². The highest BCUT2D eigenvalue weighted by Crippen LogP contribution is 2.32. The Morgan fingerprint density at radius 1 is 1.27 bits per heavy atom. The van der Waals surface area contributed by atoms with E-state index in [1.54, 1.807) is 12.1 Å². The zero-order valence-electron chi connectivity index (χ0n) is 15.5. The number of rotatable bonds is 5. The quantitative estimate of drug-likeness (QED) is 0.732. The van der Waals surface area contributed by atoms with Crippen molar-refractivity contribution in [3.05, 3.63) is 35.2 Å². The van der Waals surface area contributed by atoms with Gasteiger partial charge in [-0.05, 0) is 24.1 Å². The number of carbonyl (C=O) groups is 1. The maximum absolute atomic E-state index is 13.0. The zero-order valence-corrected chi connectivity index (χ0v) is 15.5. The Morgan fingerprint density at radius 3 is 2.77 bits per heavy atom. The third kappa shape index (κ3) is 4.15. The summed E-state index contributed by atoms with van der Waals surface area (Å²) in [7, 11) is 0. The fourth-order valence-electron chi connectivity index (χ4n) is 3.71. The lowest BCUT2D eigenvalue weighted by atomic mass is 10.0. The van der Waals surface area contributed by atoms with Crippen molar-refractivity contribution in [2.24, 2.45) is 0 Å². The van der Waals surface area contributed by atoms with Crippen LogP contribution in [0.4, 0.5) is 22.0 Å². The molecule has 162 valence electrons. The standard InChI is InChI=1S/C18H17F5N4O3/c19-14(20)16-26-25-15(30-16)9-1-2-10-6-27(17(28)11(10)5-9)13-3-4-29-7-12(13)24-8-18(21,22)23/h1-2,5,12-14,24H,3-4,6-8H2/t12-,13+/m0/s1. The van der Waals surface area contributed by atoms with Crippen LogP contribution in [0, 0.1) is 0 Å². The number of ether oxygens (including phenoxy) is 1. The van der Waals surface area contributed by atoms with Crippen LogP contribution in [0.25, 0.3) is 11.5 Å². The lowest BCUT2D eigenvalue weighted by Gasteiger charge is -2.38. The first-order chi connectivity index (χ1) is 14.2. The van der Waals surface area contributed by atoms with E-state index in [1.165, 1.54) is 11.0 Å². The molecule has 2 aliphatic heterocycles. The number of hydrogen-bond acceptors (Lipinski definition) is 6. The number of alkyl halides is 5. The van der Waals surface area contributed by atoms with Crippen molar-refractivity contribution in [2.45, 2.75) is 37.7 Å². The SMILES string of the molecule is O=C1c2cc(-c3nnc(C(F)F)o3)ccc2CN1[C@@H]1CCOC[C@@H]1NCC(F)(F)F. The predicted molar refractivity (Wildman–Crippen MR) is 91.6 cm³/mol. The van der Waals surface area contributed by atoms with Crippen molar-refractivity contribution in [1.29, 1.82) is 0 Å². The lowest BCUT2D eigenvalue weighted by Crippen LogP contribution is -2.56. The van der Waals surface area contributed by atoms with Crippen LogP contribution in [0.15, 0.2) is 22.6 Å². The Kier molecular flexibility index (Phi) is 5.45. The molecule has 3 heterocycles. The molecule has 1 saturated heterocycles. The zero-order chi connectivity index (χ0) is 21.5. The number of amides is 1. The molecule has 1 amide bonds. The Morgan fingerprint density at radius 2 is 2.07 bits per heavy atom. The van der Waals surface area contributed by atoms with Crippen LogP contribution in [0.1, 0.15) is 34.7 Å². The summed E-state index contributed by atoms with van der Waals surface area (Å²) in [6.07, 6.45) is -6.90. The van der Waals surface area contributed by atoms with Crippen molar-refractivity contribution in [2.75, 3.05) is 19.8 Å². The Labute approximate surface area is 167 Å². The molecule has 0 spiro atoms. The van der Waals surface area contributed by atoms with Crippen LogP contribution in [0.2, 0.25) is 0 Å². The Hall–Kier alpha value is -2.60. The maximum Gasteiger partial charge on any atom is 0.401 e. The Bertz CT molecular complexity index is 933. The van der Waals surface area contributed by atoms with Gasteiger partial charge in [0.25, 0.3) is 11.8 Å². The summed E-state index contributed by atoms with van der Waals surface area (Å²) in [4.78, 5) is 14.5. The molecule has 0 saturated carbocycles. The molecular weight excluding hydrogens is 415 g/mol. The molecule has 12 heteroatoms. The second-order valence-electron chi connectivity index (χ2n) is 7.08. The fourth-order valence-corrected chi connectivity index (χ4v) is 3.71. The number of halogens is 5. The summed E-state index contributed by atoms with van der Waals surface area (Å²) in [5, 5.41) is 9.28. The fraction of sp³-hybridized carbons (Fsp3) is 0.500. The molecule has 0 aliphatic carbocycles. The smallest absolute Gasteiger partial charge is 0.401 e. The minimum atomic E-state index is -4.38. The van der Waals surface area contributed by atoms with Gasteiger partial charge in [0, 0.05) is 24.3 Å². The summed E-state index contributed by atoms with van der Waals surface area (Å²) >= 11 is 0. The molecule has 0 bridgehead atoms. The highest BCUT2D eigenvalue weighted by molar-refractivity contribution is 5.99. The van der Waals surface area contributed by atoms with Crippen molar-refractivity contribution in [1.82, 2.24) is 20.4 Å². The van der Waals surface area contributed by atoms with Gasteiger partial charge in [-0.3, -0.25) is 4.79 Å². The summed E-state index contributed by atoms with van der Waals surface area (Å²) in [5.74, 6) is -1.32. The summed E-state index contributed by atoms with van der Waals surface area (Å²) in [6, 6.07) is 3.55. The van der Waals surface area contributed by atoms with E-state index in [2.05, 4.69) is 15.5 Å². The van der Waals surface area contributed by atoms with E-state index in [9.17, 15) is 26.7 Å². The summed E-state index contributed by atoms with van der Waals surface area (Å²) in [6.45, 7) is -0.557. The molecule has 1 N–H and O–H groups in total. The third-order valence-electron chi connectivity index (χ3n) is 5.10. The number of carbonyl (C=O) groups excluding carboxylic acids is 1. The number of benzene rings is 1. The molecule has 0 radical (unpaired) electrons. The van der Waals surface area contributed by atoms with Gasteiger partial charge in [-0.1, -0.05) is 6.07 Å². The van der Waals surface area contributed by atoms with E-state index < -0.39 is 37.1 Å². The molecule has 7 nitrogen and oxygen atoms in total. The van der Waals surface area contributed by atoms with Gasteiger partial charge in [0.05, 0.1) is 25.2 Å². The second kappa shape index (κ2) is 7.91. The molecule has 30 heavy (non-hydrogen) atoms. The van der Waals surface area contributed by atoms with Crippen LogP contribution >= 0.6 is 0 Å². The highest BCUT2D eigenvalue weighted by atomic mass is 19.4. The van der Waals surface area contributed by atoms with Crippen LogP contribution in [0.3, 0.4) is 0 Å². The Balaban J connectivity index is 1.54. The van der Waals surface area contributed by atoms with Crippen molar-refractivity contribution in [3.8, 4) is 11.5 Å². The minimum absolute atomic E-state index is 0.0600. The van der Waals surface area contributed by atoms with E-state index >= 15 is 0 Å². The number of fused-ring (bicyclic) bond motifs is 1. The summed E-state index contributed by atoms with van der Waals surface area (Å²) in [5.41, 5.74) is 1.31. The van der Waals surface area contributed by atoms with Gasteiger partial charge in [-0.2, -0.15) is 22.0 Å². The van der Waals surface area contributed by atoms with Crippen LogP contribution in [0.5, 0.6) is 0 Å². The molecule has 1 aromatic heterocycles. The van der Waals surface area contributed by atoms with Gasteiger partial charge < -0.3 is 19.4 Å².